The van der Waals surface area contributed by atoms with Crippen molar-refractivity contribution in [2.45, 2.75) is 32.0 Å². The second-order valence-electron chi connectivity index (χ2n) is 7.30. The van der Waals surface area contributed by atoms with Crippen molar-refractivity contribution in [1.82, 2.24) is 0 Å². The first-order valence-corrected chi connectivity index (χ1v) is 11.4. The molecule has 2 rings (SSSR count). The Labute approximate surface area is 189 Å². The molecule has 1 amide bonds. The van der Waals surface area contributed by atoms with Crippen LogP contribution in [0.4, 0.5) is 24.5 Å². The van der Waals surface area contributed by atoms with Crippen LogP contribution in [-0.2, 0) is 14.8 Å². The SMILES string of the molecule is CCOc1cc(NC(=O)[C@@H](CO)C(C)C)ccc1S(=O)(=O)Nc1cccc(OC(F)(F)F)c1. The topological polar surface area (TPSA) is 114 Å². The van der Waals surface area contributed by atoms with Crippen LogP contribution in [0.15, 0.2) is 47.4 Å². The monoisotopic (exact) mass is 490 g/mol. The average molecular weight is 491 g/mol. The van der Waals surface area contributed by atoms with Crippen LogP contribution in [0.5, 0.6) is 11.5 Å². The summed E-state index contributed by atoms with van der Waals surface area (Å²) in [7, 11) is -4.27. The molecular weight excluding hydrogens is 465 g/mol. The molecule has 0 spiro atoms. The standard InChI is InChI=1S/C21H25F3N2O6S/c1-4-31-18-11-14(25-20(28)17(12-27)13(2)3)8-9-19(18)33(29,30)26-15-6-5-7-16(10-15)32-21(22,23)24/h5-11,13,17,26-27H,4,12H2,1-3H3,(H,25,28)/t17-/m0/s1. The molecule has 3 N–H and O–H groups in total. The molecule has 0 fully saturated rings. The number of amides is 1. The molecule has 8 nitrogen and oxygen atoms in total. The Bertz CT molecular complexity index is 1070. The largest absolute Gasteiger partial charge is 0.573 e. The van der Waals surface area contributed by atoms with Crippen molar-refractivity contribution in [1.29, 1.82) is 0 Å². The zero-order valence-electron chi connectivity index (χ0n) is 18.1. The average Bonchev–Trinajstić information content (AvgIpc) is 2.67. The number of ether oxygens (including phenoxy) is 2. The van der Waals surface area contributed by atoms with Gasteiger partial charge in [-0.1, -0.05) is 19.9 Å². The number of nitrogens with one attached hydrogen (secondary N) is 2. The fraction of sp³-hybridized carbons (Fsp3) is 0.381. The molecule has 0 aliphatic heterocycles. The van der Waals surface area contributed by atoms with Gasteiger partial charge in [0.2, 0.25) is 5.91 Å². The quantitative estimate of drug-likeness (QED) is 0.464. The van der Waals surface area contributed by atoms with Crippen LogP contribution in [-0.4, -0.2) is 39.0 Å². The molecular formula is C21H25F3N2O6S. The molecule has 0 aliphatic rings. The van der Waals surface area contributed by atoms with Crippen LogP contribution in [0.3, 0.4) is 0 Å². The molecule has 0 unspecified atom stereocenters. The molecule has 0 saturated heterocycles. The number of aliphatic hydroxyl groups is 1. The van der Waals surface area contributed by atoms with Crippen molar-refractivity contribution in [3.8, 4) is 11.5 Å². The van der Waals surface area contributed by atoms with Gasteiger partial charge in [0.1, 0.15) is 16.4 Å². The van der Waals surface area contributed by atoms with E-state index in [-0.39, 0.29) is 41.2 Å². The van der Waals surface area contributed by atoms with E-state index < -0.39 is 34.0 Å². The fourth-order valence-electron chi connectivity index (χ4n) is 2.87. The van der Waals surface area contributed by atoms with E-state index in [4.69, 9.17) is 4.74 Å². The predicted molar refractivity (Wildman–Crippen MR) is 116 cm³/mol. The van der Waals surface area contributed by atoms with Gasteiger partial charge in [-0.15, -0.1) is 13.2 Å². The van der Waals surface area contributed by atoms with Gasteiger partial charge in [0.05, 0.1) is 24.8 Å². The summed E-state index contributed by atoms with van der Waals surface area (Å²) in [4.78, 5) is 12.1. The van der Waals surface area contributed by atoms with Crippen molar-refractivity contribution in [3.05, 3.63) is 42.5 Å². The van der Waals surface area contributed by atoms with Crippen LogP contribution in [0.2, 0.25) is 0 Å². The summed E-state index contributed by atoms with van der Waals surface area (Å²) in [5.74, 6) is -1.88. The van der Waals surface area contributed by atoms with Crippen LogP contribution in [0.1, 0.15) is 20.8 Å². The molecule has 1 atom stereocenters. The number of aliphatic hydroxyl groups excluding tert-OH is 1. The molecule has 12 heteroatoms. The van der Waals surface area contributed by atoms with E-state index in [2.05, 4.69) is 14.8 Å². The number of carbonyl (C=O) groups excluding carboxylic acids is 1. The lowest BCUT2D eigenvalue weighted by Crippen LogP contribution is -2.29. The normalized spacial score (nSPS) is 12.8. The fourth-order valence-corrected chi connectivity index (χ4v) is 4.05. The van der Waals surface area contributed by atoms with Gasteiger partial charge >= 0.3 is 6.36 Å². The van der Waals surface area contributed by atoms with Gasteiger partial charge in [0.15, 0.2) is 0 Å². The van der Waals surface area contributed by atoms with Crippen molar-refractivity contribution in [2.75, 3.05) is 23.3 Å². The molecule has 182 valence electrons. The number of benzene rings is 2. The minimum absolute atomic E-state index is 0.0735. The minimum atomic E-state index is -4.93. The molecule has 0 saturated carbocycles. The van der Waals surface area contributed by atoms with E-state index in [0.717, 1.165) is 12.1 Å². The summed E-state index contributed by atoms with van der Waals surface area (Å²) in [6.07, 6.45) is -4.93. The molecule has 0 aromatic heterocycles. The summed E-state index contributed by atoms with van der Waals surface area (Å²) < 4.78 is 74.5. The van der Waals surface area contributed by atoms with Crippen LogP contribution in [0, 0.1) is 11.8 Å². The second kappa shape index (κ2) is 10.8. The van der Waals surface area contributed by atoms with Gasteiger partial charge in [0, 0.05) is 17.8 Å². The van der Waals surface area contributed by atoms with E-state index >= 15 is 0 Å². The third kappa shape index (κ3) is 7.53. The van der Waals surface area contributed by atoms with Gasteiger partial charge in [-0.05, 0) is 37.1 Å². The Morgan fingerprint density at radius 1 is 1.12 bits per heavy atom. The summed E-state index contributed by atoms with van der Waals surface area (Å²) in [6, 6.07) is 8.24. The molecule has 0 heterocycles. The number of hydrogen-bond donors (Lipinski definition) is 3. The smallest absolute Gasteiger partial charge is 0.492 e. The first-order valence-electron chi connectivity index (χ1n) is 9.93. The number of sulfonamides is 1. The highest BCUT2D eigenvalue weighted by molar-refractivity contribution is 7.92. The first-order chi connectivity index (χ1) is 15.4. The first kappa shape index (κ1) is 26.3. The zero-order chi connectivity index (χ0) is 24.8. The number of hydrogen-bond acceptors (Lipinski definition) is 6. The summed E-state index contributed by atoms with van der Waals surface area (Å²) >= 11 is 0. The maximum Gasteiger partial charge on any atom is 0.573 e. The van der Waals surface area contributed by atoms with Crippen LogP contribution in [0.25, 0.3) is 0 Å². The summed E-state index contributed by atoms with van der Waals surface area (Å²) in [6.45, 7) is 4.95. The second-order valence-corrected chi connectivity index (χ2v) is 8.95. The Hall–Kier alpha value is -2.99. The molecule has 2 aromatic carbocycles. The lowest BCUT2D eigenvalue weighted by Gasteiger charge is -2.19. The van der Waals surface area contributed by atoms with Gasteiger partial charge in [-0.3, -0.25) is 9.52 Å². The maximum atomic E-state index is 12.9. The molecule has 0 radical (unpaired) electrons. The van der Waals surface area contributed by atoms with Gasteiger partial charge < -0.3 is 19.9 Å². The third-order valence-electron chi connectivity index (χ3n) is 4.46. The summed E-state index contributed by atoms with van der Waals surface area (Å²) in [5, 5.41) is 12.0. The number of anilines is 2. The van der Waals surface area contributed by atoms with Gasteiger partial charge in [0.25, 0.3) is 10.0 Å². The Balaban J connectivity index is 2.31. The number of halogens is 3. The van der Waals surface area contributed by atoms with E-state index in [1.807, 2.05) is 0 Å². The van der Waals surface area contributed by atoms with Crippen molar-refractivity contribution in [2.24, 2.45) is 11.8 Å². The zero-order valence-corrected chi connectivity index (χ0v) is 19.0. The Kier molecular flexibility index (Phi) is 8.56. The van der Waals surface area contributed by atoms with Crippen LogP contribution < -0.4 is 19.5 Å². The van der Waals surface area contributed by atoms with Crippen molar-refractivity contribution >= 4 is 27.3 Å². The number of rotatable bonds is 10. The number of carbonyl (C=O) groups is 1. The van der Waals surface area contributed by atoms with Crippen LogP contribution >= 0.6 is 0 Å². The van der Waals surface area contributed by atoms with E-state index in [1.165, 1.54) is 30.3 Å². The van der Waals surface area contributed by atoms with E-state index in [1.54, 1.807) is 20.8 Å². The Morgan fingerprint density at radius 2 is 1.82 bits per heavy atom. The Morgan fingerprint density at radius 3 is 2.39 bits per heavy atom. The highest BCUT2D eigenvalue weighted by Gasteiger charge is 2.31. The van der Waals surface area contributed by atoms with Gasteiger partial charge in [-0.25, -0.2) is 8.42 Å². The molecule has 0 bridgehead atoms. The van der Waals surface area contributed by atoms with Gasteiger partial charge in [-0.2, -0.15) is 0 Å². The van der Waals surface area contributed by atoms with E-state index in [9.17, 15) is 31.5 Å². The summed E-state index contributed by atoms with van der Waals surface area (Å²) in [5.41, 5.74) is 0.0985. The number of alkyl halides is 3. The highest BCUT2D eigenvalue weighted by Crippen LogP contribution is 2.31. The van der Waals surface area contributed by atoms with Crippen molar-refractivity contribution in [3.63, 3.8) is 0 Å². The van der Waals surface area contributed by atoms with Crippen molar-refractivity contribution < 1.29 is 41.0 Å². The minimum Gasteiger partial charge on any atom is -0.492 e. The highest BCUT2D eigenvalue weighted by atomic mass is 32.2. The molecule has 0 aliphatic carbocycles. The molecule has 2 aromatic rings. The maximum absolute atomic E-state index is 12.9. The predicted octanol–water partition coefficient (Wildman–Crippen LogP) is 3.99. The van der Waals surface area contributed by atoms with E-state index in [0.29, 0.717) is 0 Å². The lowest BCUT2D eigenvalue weighted by molar-refractivity contribution is -0.274. The third-order valence-corrected chi connectivity index (χ3v) is 5.88. The molecule has 33 heavy (non-hydrogen) atoms. The lowest BCUT2D eigenvalue weighted by atomic mass is 9.96.